The molecule has 2 atom stereocenters. The van der Waals surface area contributed by atoms with Gasteiger partial charge in [0, 0.05) is 12.6 Å². The zero-order chi connectivity index (χ0) is 18.0. The van der Waals surface area contributed by atoms with Gasteiger partial charge in [0.05, 0.1) is 18.0 Å². The summed E-state index contributed by atoms with van der Waals surface area (Å²) >= 11 is 5.91. The largest absolute Gasteiger partial charge is 0.469 e. The number of hydrogen-bond donors (Lipinski definition) is 0. The van der Waals surface area contributed by atoms with E-state index in [1.165, 1.54) is 7.11 Å². The van der Waals surface area contributed by atoms with Gasteiger partial charge in [0.2, 0.25) is 11.1 Å². The maximum atomic E-state index is 11.9. The van der Waals surface area contributed by atoms with Gasteiger partial charge in [-0.05, 0) is 43.2 Å². The molecule has 0 spiro atoms. The summed E-state index contributed by atoms with van der Waals surface area (Å²) in [5.74, 6) is 0.0110. The zero-order valence-corrected chi connectivity index (χ0v) is 14.8. The number of ether oxygens (including phenoxy) is 1. The molecule has 2 aliphatic rings. The van der Waals surface area contributed by atoms with Crippen LogP contribution in [0.1, 0.15) is 38.5 Å². The second kappa shape index (κ2) is 7.51. The lowest BCUT2D eigenvalue weighted by molar-refractivity contribution is -0.384. The van der Waals surface area contributed by atoms with Crippen LogP contribution < -0.4 is 4.90 Å². The minimum Gasteiger partial charge on any atom is -0.469 e. The van der Waals surface area contributed by atoms with Crippen molar-refractivity contribution in [2.45, 2.75) is 44.6 Å². The molecule has 1 aromatic rings. The third-order valence-electron chi connectivity index (χ3n) is 5.31. The van der Waals surface area contributed by atoms with Crippen molar-refractivity contribution in [3.63, 3.8) is 0 Å². The molecule has 2 aliphatic carbocycles. The van der Waals surface area contributed by atoms with Crippen LogP contribution in [0.4, 0.5) is 11.5 Å². The van der Waals surface area contributed by atoms with E-state index in [1.54, 1.807) is 0 Å². The summed E-state index contributed by atoms with van der Waals surface area (Å²) in [6.45, 7) is 0.540. The number of aromatic nitrogens is 2. The first-order chi connectivity index (χ1) is 12.0. The van der Waals surface area contributed by atoms with Crippen molar-refractivity contribution in [3.05, 3.63) is 21.6 Å². The standard InChI is InChI=1S/C16H21ClN4O4/c1-25-15(22)12-7-6-10(12)9-20(11-4-2-3-5-11)14-13(21(23)24)8-18-16(17)19-14/h8,10-12H,2-7,9H2,1H3. The average Bonchev–Trinajstić information content (AvgIpc) is 3.08. The summed E-state index contributed by atoms with van der Waals surface area (Å²) in [5, 5.41) is 11.4. The Morgan fingerprint density at radius 1 is 1.40 bits per heavy atom. The van der Waals surface area contributed by atoms with Crippen molar-refractivity contribution in [2.24, 2.45) is 11.8 Å². The number of halogens is 1. The van der Waals surface area contributed by atoms with Gasteiger partial charge in [-0.3, -0.25) is 14.9 Å². The van der Waals surface area contributed by atoms with Crippen LogP contribution in [0.2, 0.25) is 5.28 Å². The van der Waals surface area contributed by atoms with Gasteiger partial charge < -0.3 is 9.64 Å². The lowest BCUT2D eigenvalue weighted by Gasteiger charge is -2.40. The number of nitrogens with zero attached hydrogens (tertiary/aromatic N) is 4. The van der Waals surface area contributed by atoms with Gasteiger partial charge in [0.1, 0.15) is 6.20 Å². The number of methoxy groups -OCH3 is 1. The van der Waals surface area contributed by atoms with Crippen LogP contribution in [-0.2, 0) is 9.53 Å². The molecule has 0 saturated heterocycles. The molecule has 0 N–H and O–H groups in total. The van der Waals surface area contributed by atoms with Crippen molar-refractivity contribution in [1.29, 1.82) is 0 Å². The summed E-state index contributed by atoms with van der Waals surface area (Å²) in [7, 11) is 1.39. The van der Waals surface area contributed by atoms with Crippen LogP contribution in [0.3, 0.4) is 0 Å². The van der Waals surface area contributed by atoms with Gasteiger partial charge in [-0.1, -0.05) is 12.8 Å². The average molecular weight is 369 g/mol. The van der Waals surface area contributed by atoms with E-state index < -0.39 is 4.92 Å². The number of carbonyl (C=O) groups excluding carboxylic acids is 1. The van der Waals surface area contributed by atoms with E-state index in [2.05, 4.69) is 9.97 Å². The van der Waals surface area contributed by atoms with Crippen molar-refractivity contribution in [3.8, 4) is 0 Å². The van der Waals surface area contributed by atoms with Crippen LogP contribution in [-0.4, -0.2) is 40.6 Å². The monoisotopic (exact) mass is 368 g/mol. The highest BCUT2D eigenvalue weighted by atomic mass is 35.5. The highest BCUT2D eigenvalue weighted by Crippen LogP contribution is 2.40. The topological polar surface area (TPSA) is 98.5 Å². The molecule has 3 rings (SSSR count). The van der Waals surface area contributed by atoms with E-state index in [1.807, 2.05) is 4.90 Å². The molecule has 8 nitrogen and oxygen atoms in total. The van der Waals surface area contributed by atoms with Gasteiger partial charge in [-0.15, -0.1) is 0 Å². The quantitative estimate of drug-likeness (QED) is 0.329. The Kier molecular flexibility index (Phi) is 5.36. The molecular weight excluding hydrogens is 348 g/mol. The SMILES string of the molecule is COC(=O)C1CCC1CN(c1nc(Cl)ncc1[N+](=O)[O-])C1CCCC1. The van der Waals surface area contributed by atoms with E-state index in [-0.39, 0.29) is 40.6 Å². The molecule has 9 heteroatoms. The molecule has 25 heavy (non-hydrogen) atoms. The Labute approximate surface area is 150 Å². The molecule has 0 amide bonds. The molecule has 0 radical (unpaired) electrons. The molecule has 1 heterocycles. The van der Waals surface area contributed by atoms with Crippen molar-refractivity contribution in [2.75, 3.05) is 18.6 Å². The first-order valence-electron chi connectivity index (χ1n) is 8.52. The van der Waals surface area contributed by atoms with E-state index >= 15 is 0 Å². The van der Waals surface area contributed by atoms with Gasteiger partial charge in [-0.2, -0.15) is 4.98 Å². The highest BCUT2D eigenvalue weighted by molar-refractivity contribution is 6.28. The van der Waals surface area contributed by atoms with E-state index in [4.69, 9.17) is 16.3 Å². The van der Waals surface area contributed by atoms with Crippen LogP contribution in [0.25, 0.3) is 0 Å². The van der Waals surface area contributed by atoms with E-state index in [9.17, 15) is 14.9 Å². The Morgan fingerprint density at radius 3 is 2.68 bits per heavy atom. The minimum absolute atomic E-state index is 0.0123. The molecule has 2 saturated carbocycles. The first kappa shape index (κ1) is 17.8. The Balaban J connectivity index is 1.89. The molecule has 136 valence electrons. The maximum Gasteiger partial charge on any atom is 0.329 e. The van der Waals surface area contributed by atoms with Crippen LogP contribution >= 0.6 is 11.6 Å². The van der Waals surface area contributed by atoms with E-state index in [0.717, 1.165) is 44.7 Å². The van der Waals surface area contributed by atoms with Crippen LogP contribution in [0.5, 0.6) is 0 Å². The number of esters is 1. The van der Waals surface area contributed by atoms with Gasteiger partial charge in [0.25, 0.3) is 0 Å². The maximum absolute atomic E-state index is 11.9. The normalized spacial score (nSPS) is 23.1. The fourth-order valence-electron chi connectivity index (χ4n) is 3.81. The number of rotatable bonds is 6. The van der Waals surface area contributed by atoms with Crippen LogP contribution in [0.15, 0.2) is 6.20 Å². The lowest BCUT2D eigenvalue weighted by atomic mass is 9.73. The number of nitro groups is 1. The summed E-state index contributed by atoms with van der Waals surface area (Å²) < 4.78 is 4.87. The van der Waals surface area contributed by atoms with Crippen molar-refractivity contribution < 1.29 is 14.5 Å². The molecule has 0 bridgehead atoms. The number of hydrogen-bond acceptors (Lipinski definition) is 7. The molecule has 0 aliphatic heterocycles. The van der Waals surface area contributed by atoms with Gasteiger partial charge in [-0.25, -0.2) is 4.98 Å². The van der Waals surface area contributed by atoms with Gasteiger partial charge in [0.15, 0.2) is 0 Å². The van der Waals surface area contributed by atoms with Crippen LogP contribution in [0, 0.1) is 22.0 Å². The molecular formula is C16H21ClN4O4. The second-order valence-corrected chi connectivity index (χ2v) is 7.00. The Morgan fingerprint density at radius 2 is 2.12 bits per heavy atom. The molecule has 2 unspecified atom stereocenters. The fraction of sp³-hybridized carbons (Fsp3) is 0.688. The Hall–Kier alpha value is -1.96. The number of anilines is 1. The smallest absolute Gasteiger partial charge is 0.329 e. The van der Waals surface area contributed by atoms with Gasteiger partial charge >= 0.3 is 11.7 Å². The third-order valence-corrected chi connectivity index (χ3v) is 5.49. The predicted molar refractivity (Wildman–Crippen MR) is 91.5 cm³/mol. The zero-order valence-electron chi connectivity index (χ0n) is 14.1. The molecule has 1 aromatic heterocycles. The van der Waals surface area contributed by atoms with E-state index in [0.29, 0.717) is 6.54 Å². The first-order valence-corrected chi connectivity index (χ1v) is 8.90. The molecule has 0 aromatic carbocycles. The summed E-state index contributed by atoms with van der Waals surface area (Å²) in [5.41, 5.74) is -0.148. The highest BCUT2D eigenvalue weighted by Gasteiger charge is 2.41. The predicted octanol–water partition coefficient (Wildman–Crippen LogP) is 2.99. The summed E-state index contributed by atoms with van der Waals surface area (Å²) in [6.07, 6.45) is 6.92. The Bertz CT molecular complexity index is 666. The van der Waals surface area contributed by atoms with Crippen molar-refractivity contribution in [1.82, 2.24) is 9.97 Å². The second-order valence-electron chi connectivity index (χ2n) is 6.66. The lowest BCUT2D eigenvalue weighted by Crippen LogP contribution is -2.45. The minimum atomic E-state index is -0.480. The third kappa shape index (κ3) is 3.68. The summed E-state index contributed by atoms with van der Waals surface area (Å²) in [4.78, 5) is 32.7. The number of carbonyl (C=O) groups is 1. The fourth-order valence-corrected chi connectivity index (χ4v) is 3.94. The summed E-state index contributed by atoms with van der Waals surface area (Å²) in [6, 6.07) is 0.170. The molecule has 2 fully saturated rings. The van der Waals surface area contributed by atoms with Crippen molar-refractivity contribution >= 4 is 29.1 Å².